The van der Waals surface area contributed by atoms with Crippen molar-refractivity contribution in [3.63, 3.8) is 0 Å². The number of fused-ring (bicyclic) bond motifs is 1. The van der Waals surface area contributed by atoms with E-state index in [1.54, 1.807) is 36.6 Å². The Kier molecular flexibility index (Phi) is 4.28. The van der Waals surface area contributed by atoms with Crippen molar-refractivity contribution >= 4 is 40.1 Å². The van der Waals surface area contributed by atoms with E-state index in [2.05, 4.69) is 4.98 Å². The van der Waals surface area contributed by atoms with Crippen LogP contribution in [0.4, 0.5) is 0 Å². The van der Waals surface area contributed by atoms with E-state index < -0.39 is 6.10 Å². The summed E-state index contributed by atoms with van der Waals surface area (Å²) in [5.74, 6) is 0.829. The Hall–Kier alpha value is -2.04. The molecule has 0 spiro atoms. The van der Waals surface area contributed by atoms with E-state index in [0.29, 0.717) is 21.6 Å². The molecule has 0 saturated heterocycles. The van der Waals surface area contributed by atoms with Gasteiger partial charge in [-0.25, -0.2) is 4.98 Å². The van der Waals surface area contributed by atoms with Crippen LogP contribution in [0.2, 0.25) is 10.0 Å². The smallest absolute Gasteiger partial charge is 0.273 e. The SMILES string of the molecule is Cc1nc2ccccc2n1C(=O)C(C)Oc1ccc(Cl)cc1Cl. The van der Waals surface area contributed by atoms with Gasteiger partial charge >= 0.3 is 0 Å². The lowest BCUT2D eigenvalue weighted by Gasteiger charge is -2.16. The first-order valence-corrected chi connectivity index (χ1v) is 7.83. The topological polar surface area (TPSA) is 44.1 Å². The maximum absolute atomic E-state index is 12.8. The third-order valence-corrected chi connectivity index (χ3v) is 4.02. The number of imidazole rings is 1. The van der Waals surface area contributed by atoms with Crippen molar-refractivity contribution in [1.29, 1.82) is 0 Å². The van der Waals surface area contributed by atoms with Gasteiger partial charge in [0.1, 0.15) is 11.6 Å². The standard InChI is InChI=1S/C17H14Cl2N2O2/c1-10(23-16-8-7-12(18)9-13(16)19)17(22)21-11(2)20-14-5-3-4-6-15(14)21/h3-10H,1-2H3. The molecule has 0 amide bonds. The first kappa shape index (κ1) is 15.8. The summed E-state index contributed by atoms with van der Waals surface area (Å²) in [5.41, 5.74) is 1.53. The molecule has 0 N–H and O–H groups in total. The first-order valence-electron chi connectivity index (χ1n) is 7.07. The second-order valence-corrected chi connectivity index (χ2v) is 6.00. The quantitative estimate of drug-likeness (QED) is 0.685. The lowest BCUT2D eigenvalue weighted by molar-refractivity contribution is 0.0730. The zero-order valence-electron chi connectivity index (χ0n) is 12.6. The van der Waals surface area contributed by atoms with Gasteiger partial charge in [-0.15, -0.1) is 0 Å². The lowest BCUT2D eigenvalue weighted by atomic mass is 10.3. The van der Waals surface area contributed by atoms with E-state index >= 15 is 0 Å². The van der Waals surface area contributed by atoms with Crippen LogP contribution < -0.4 is 4.74 Å². The van der Waals surface area contributed by atoms with Crippen LogP contribution in [0.25, 0.3) is 11.0 Å². The Bertz CT molecular complexity index is 889. The van der Waals surface area contributed by atoms with E-state index in [4.69, 9.17) is 27.9 Å². The second-order valence-electron chi connectivity index (χ2n) is 5.16. The number of aryl methyl sites for hydroxylation is 1. The average molecular weight is 349 g/mol. The van der Waals surface area contributed by atoms with Gasteiger partial charge in [0.15, 0.2) is 6.10 Å². The van der Waals surface area contributed by atoms with Gasteiger partial charge in [-0.2, -0.15) is 0 Å². The summed E-state index contributed by atoms with van der Waals surface area (Å²) in [4.78, 5) is 17.1. The van der Waals surface area contributed by atoms with Gasteiger partial charge in [0.25, 0.3) is 5.91 Å². The molecule has 1 heterocycles. The van der Waals surface area contributed by atoms with Gasteiger partial charge in [0.05, 0.1) is 16.1 Å². The Morgan fingerprint density at radius 1 is 1.22 bits per heavy atom. The summed E-state index contributed by atoms with van der Waals surface area (Å²) in [5, 5.41) is 0.877. The number of ether oxygens (including phenoxy) is 1. The molecule has 0 aliphatic heterocycles. The van der Waals surface area contributed by atoms with E-state index in [9.17, 15) is 4.79 Å². The number of carbonyl (C=O) groups is 1. The molecule has 0 fully saturated rings. The summed E-state index contributed by atoms with van der Waals surface area (Å²) in [6, 6.07) is 12.4. The number of hydrogen-bond donors (Lipinski definition) is 0. The molecule has 118 valence electrons. The predicted octanol–water partition coefficient (Wildman–Crippen LogP) is 4.76. The number of aromatic nitrogens is 2. The highest BCUT2D eigenvalue weighted by Gasteiger charge is 2.22. The summed E-state index contributed by atoms with van der Waals surface area (Å²) >= 11 is 12.0. The summed E-state index contributed by atoms with van der Waals surface area (Å²) in [7, 11) is 0. The summed E-state index contributed by atoms with van der Waals surface area (Å²) in [6.45, 7) is 3.47. The first-order chi connectivity index (χ1) is 11.0. The van der Waals surface area contributed by atoms with Gasteiger partial charge in [-0.1, -0.05) is 35.3 Å². The normalized spacial score (nSPS) is 12.3. The van der Waals surface area contributed by atoms with E-state index in [1.165, 1.54) is 0 Å². The van der Waals surface area contributed by atoms with Crippen LogP contribution in [-0.4, -0.2) is 21.6 Å². The molecule has 0 saturated carbocycles. The van der Waals surface area contributed by atoms with Gasteiger partial charge in [-0.05, 0) is 44.2 Å². The average Bonchev–Trinajstić information content (AvgIpc) is 2.85. The predicted molar refractivity (Wildman–Crippen MR) is 91.6 cm³/mol. The molecule has 0 aliphatic rings. The van der Waals surface area contributed by atoms with Crippen LogP contribution in [0.15, 0.2) is 42.5 Å². The van der Waals surface area contributed by atoms with E-state index in [1.807, 2.05) is 24.3 Å². The minimum absolute atomic E-state index is 0.206. The fourth-order valence-corrected chi connectivity index (χ4v) is 2.87. The summed E-state index contributed by atoms with van der Waals surface area (Å²) in [6.07, 6.45) is -0.718. The van der Waals surface area contributed by atoms with Crippen molar-refractivity contribution < 1.29 is 9.53 Å². The molecular weight excluding hydrogens is 335 g/mol. The van der Waals surface area contributed by atoms with Crippen molar-refractivity contribution in [2.45, 2.75) is 20.0 Å². The highest BCUT2D eigenvalue weighted by molar-refractivity contribution is 6.35. The number of rotatable bonds is 3. The highest BCUT2D eigenvalue weighted by atomic mass is 35.5. The molecule has 1 atom stereocenters. The van der Waals surface area contributed by atoms with Crippen molar-refractivity contribution in [2.24, 2.45) is 0 Å². The number of para-hydroxylation sites is 2. The molecule has 1 aromatic heterocycles. The van der Waals surface area contributed by atoms with Gasteiger partial charge < -0.3 is 4.74 Å². The monoisotopic (exact) mass is 348 g/mol. The Labute approximate surface area is 143 Å². The van der Waals surface area contributed by atoms with Crippen molar-refractivity contribution in [3.05, 3.63) is 58.3 Å². The second kappa shape index (κ2) is 6.22. The third kappa shape index (κ3) is 3.05. The molecule has 1 unspecified atom stereocenters. The molecule has 0 bridgehead atoms. The van der Waals surface area contributed by atoms with Crippen LogP contribution >= 0.6 is 23.2 Å². The molecule has 0 radical (unpaired) electrons. The molecule has 0 aliphatic carbocycles. The Morgan fingerprint density at radius 3 is 2.70 bits per heavy atom. The summed E-state index contributed by atoms with van der Waals surface area (Å²) < 4.78 is 7.26. The molecule has 3 rings (SSSR count). The van der Waals surface area contributed by atoms with Gasteiger partial charge in [-0.3, -0.25) is 9.36 Å². The largest absolute Gasteiger partial charge is 0.479 e. The Balaban J connectivity index is 1.91. The zero-order chi connectivity index (χ0) is 16.6. The van der Waals surface area contributed by atoms with Crippen LogP contribution in [0.5, 0.6) is 5.75 Å². The zero-order valence-corrected chi connectivity index (χ0v) is 14.1. The number of hydrogen-bond acceptors (Lipinski definition) is 3. The van der Waals surface area contributed by atoms with Crippen LogP contribution in [-0.2, 0) is 0 Å². The van der Waals surface area contributed by atoms with Crippen molar-refractivity contribution in [1.82, 2.24) is 9.55 Å². The number of benzene rings is 2. The minimum Gasteiger partial charge on any atom is -0.479 e. The fraction of sp³-hybridized carbons (Fsp3) is 0.176. The van der Waals surface area contributed by atoms with Crippen molar-refractivity contribution in [2.75, 3.05) is 0 Å². The third-order valence-electron chi connectivity index (χ3n) is 3.49. The van der Waals surface area contributed by atoms with Crippen LogP contribution in [0, 0.1) is 6.92 Å². The van der Waals surface area contributed by atoms with Gasteiger partial charge in [0.2, 0.25) is 0 Å². The molecule has 4 nitrogen and oxygen atoms in total. The van der Waals surface area contributed by atoms with Crippen LogP contribution in [0.3, 0.4) is 0 Å². The number of halogens is 2. The highest BCUT2D eigenvalue weighted by Crippen LogP contribution is 2.28. The Morgan fingerprint density at radius 2 is 1.96 bits per heavy atom. The molecule has 23 heavy (non-hydrogen) atoms. The molecule has 2 aromatic carbocycles. The molecular formula is C17H14Cl2N2O2. The number of carbonyl (C=O) groups excluding carboxylic acids is 1. The van der Waals surface area contributed by atoms with E-state index in [-0.39, 0.29) is 5.91 Å². The maximum Gasteiger partial charge on any atom is 0.273 e. The molecule has 6 heteroatoms. The van der Waals surface area contributed by atoms with Gasteiger partial charge in [0, 0.05) is 5.02 Å². The lowest BCUT2D eigenvalue weighted by Crippen LogP contribution is -2.30. The molecule has 3 aromatic rings. The minimum atomic E-state index is -0.718. The maximum atomic E-state index is 12.8. The number of nitrogens with zero attached hydrogens (tertiary/aromatic N) is 2. The fourth-order valence-electron chi connectivity index (χ4n) is 2.42. The van der Waals surface area contributed by atoms with E-state index in [0.717, 1.165) is 11.0 Å². The van der Waals surface area contributed by atoms with Crippen molar-refractivity contribution in [3.8, 4) is 5.75 Å². The van der Waals surface area contributed by atoms with Crippen LogP contribution in [0.1, 0.15) is 17.5 Å².